The van der Waals surface area contributed by atoms with Gasteiger partial charge in [0.05, 0.1) is 0 Å². The molecule has 0 radical (unpaired) electrons. The Hall–Kier alpha value is -3.58. The molecule has 5 nitrogen and oxygen atoms in total. The van der Waals surface area contributed by atoms with Crippen LogP contribution in [0.25, 0.3) is 11.5 Å². The SMILES string of the molecule is Fc1ccc(N2CCN(C(c3nnc(-c4ccccc4)o3)c3ccccc3F)CC2)cc1. The molecule has 1 unspecified atom stereocenters. The van der Waals surface area contributed by atoms with Crippen LogP contribution in [0.4, 0.5) is 14.5 Å². The zero-order valence-electron chi connectivity index (χ0n) is 17.4. The molecule has 1 atom stereocenters. The summed E-state index contributed by atoms with van der Waals surface area (Å²) >= 11 is 0. The van der Waals surface area contributed by atoms with Gasteiger partial charge in [0.2, 0.25) is 11.8 Å². The number of halogens is 2. The third-order valence-corrected chi connectivity index (χ3v) is 5.77. The number of aromatic nitrogens is 2. The summed E-state index contributed by atoms with van der Waals surface area (Å²) in [4.78, 5) is 4.35. The summed E-state index contributed by atoms with van der Waals surface area (Å²) in [5.74, 6) is 0.214. The first-order valence-electron chi connectivity index (χ1n) is 10.6. The highest BCUT2D eigenvalue weighted by molar-refractivity contribution is 5.52. The van der Waals surface area contributed by atoms with Crippen LogP contribution in [0.3, 0.4) is 0 Å². The minimum Gasteiger partial charge on any atom is -0.419 e. The molecule has 0 spiro atoms. The Morgan fingerprint density at radius 2 is 1.44 bits per heavy atom. The first-order chi connectivity index (χ1) is 15.7. The van der Waals surface area contributed by atoms with E-state index in [-0.39, 0.29) is 11.6 Å². The highest BCUT2D eigenvalue weighted by Crippen LogP contribution is 2.32. The predicted octanol–water partition coefficient (Wildman–Crippen LogP) is 4.93. The van der Waals surface area contributed by atoms with E-state index in [4.69, 9.17) is 4.42 Å². The first-order valence-corrected chi connectivity index (χ1v) is 10.6. The Morgan fingerprint density at radius 1 is 0.750 bits per heavy atom. The van der Waals surface area contributed by atoms with E-state index in [1.54, 1.807) is 24.3 Å². The lowest BCUT2D eigenvalue weighted by molar-refractivity contribution is 0.184. The topological polar surface area (TPSA) is 45.4 Å². The summed E-state index contributed by atoms with van der Waals surface area (Å²) in [5, 5.41) is 8.51. The van der Waals surface area contributed by atoms with Gasteiger partial charge in [-0.25, -0.2) is 8.78 Å². The fourth-order valence-electron chi connectivity index (χ4n) is 4.12. The van der Waals surface area contributed by atoms with Crippen molar-refractivity contribution in [2.45, 2.75) is 6.04 Å². The van der Waals surface area contributed by atoms with Crippen molar-refractivity contribution in [1.82, 2.24) is 15.1 Å². The van der Waals surface area contributed by atoms with E-state index >= 15 is 0 Å². The number of anilines is 1. The molecule has 0 aliphatic carbocycles. The van der Waals surface area contributed by atoms with Crippen molar-refractivity contribution in [2.24, 2.45) is 0 Å². The van der Waals surface area contributed by atoms with Crippen LogP contribution in [0.15, 0.2) is 83.3 Å². The maximum absolute atomic E-state index is 14.8. The maximum atomic E-state index is 14.8. The quantitative estimate of drug-likeness (QED) is 0.448. The molecule has 1 aliphatic rings. The first kappa shape index (κ1) is 20.3. The molecule has 0 saturated carbocycles. The van der Waals surface area contributed by atoms with Crippen LogP contribution < -0.4 is 4.90 Å². The van der Waals surface area contributed by atoms with Crippen molar-refractivity contribution in [3.8, 4) is 11.5 Å². The Labute approximate surface area is 184 Å². The molecule has 1 aromatic heterocycles. The smallest absolute Gasteiger partial charge is 0.247 e. The van der Waals surface area contributed by atoms with Crippen LogP contribution in [0.5, 0.6) is 0 Å². The molecule has 3 aromatic carbocycles. The summed E-state index contributed by atoms with van der Waals surface area (Å²) in [7, 11) is 0. The molecule has 4 aromatic rings. The van der Waals surface area contributed by atoms with Crippen LogP contribution in [0, 0.1) is 11.6 Å². The standard InChI is InChI=1S/C25H22F2N4O/c26-19-10-12-20(13-11-19)30-14-16-31(17-15-30)23(21-8-4-5-9-22(21)27)25-29-28-24(32-25)18-6-2-1-3-7-18/h1-13,23H,14-17H2. The van der Waals surface area contributed by atoms with Crippen molar-refractivity contribution >= 4 is 5.69 Å². The molecule has 5 rings (SSSR count). The number of piperazine rings is 1. The zero-order chi connectivity index (χ0) is 21.9. The summed E-state index contributed by atoms with van der Waals surface area (Å²) in [6, 6.07) is 22.2. The molecular formula is C25H22F2N4O. The van der Waals surface area contributed by atoms with Crippen LogP contribution in [0.1, 0.15) is 17.5 Å². The van der Waals surface area contributed by atoms with Crippen LogP contribution in [-0.4, -0.2) is 41.3 Å². The second-order valence-corrected chi connectivity index (χ2v) is 7.73. The van der Waals surface area contributed by atoms with E-state index < -0.39 is 6.04 Å². The third kappa shape index (κ3) is 4.11. The van der Waals surface area contributed by atoms with Gasteiger partial charge in [-0.3, -0.25) is 4.90 Å². The van der Waals surface area contributed by atoms with E-state index in [1.807, 2.05) is 36.4 Å². The third-order valence-electron chi connectivity index (χ3n) is 5.77. The number of hydrogen-bond donors (Lipinski definition) is 0. The lowest BCUT2D eigenvalue weighted by Crippen LogP contribution is -2.48. The molecule has 2 heterocycles. The van der Waals surface area contributed by atoms with Gasteiger partial charge >= 0.3 is 0 Å². The van der Waals surface area contributed by atoms with Crippen LogP contribution in [0.2, 0.25) is 0 Å². The normalized spacial score (nSPS) is 15.6. The molecular weight excluding hydrogens is 410 g/mol. The van der Waals surface area contributed by atoms with Crippen molar-refractivity contribution in [3.63, 3.8) is 0 Å². The second kappa shape index (κ2) is 8.88. The average molecular weight is 432 g/mol. The molecule has 1 saturated heterocycles. The fraction of sp³-hybridized carbons (Fsp3) is 0.200. The van der Waals surface area contributed by atoms with Gasteiger partial charge in [0.1, 0.15) is 17.7 Å². The average Bonchev–Trinajstić information content (AvgIpc) is 3.32. The van der Waals surface area contributed by atoms with Crippen molar-refractivity contribution < 1.29 is 13.2 Å². The van der Waals surface area contributed by atoms with Crippen LogP contribution >= 0.6 is 0 Å². The molecule has 0 amide bonds. The summed E-state index contributed by atoms with van der Waals surface area (Å²) in [5.41, 5.74) is 2.29. The number of nitrogens with zero attached hydrogens (tertiary/aromatic N) is 4. The van der Waals surface area contributed by atoms with Gasteiger partial charge in [-0.05, 0) is 42.5 Å². The molecule has 0 bridgehead atoms. The molecule has 32 heavy (non-hydrogen) atoms. The van der Waals surface area contributed by atoms with Crippen LogP contribution in [-0.2, 0) is 0 Å². The predicted molar refractivity (Wildman–Crippen MR) is 118 cm³/mol. The minimum absolute atomic E-state index is 0.252. The summed E-state index contributed by atoms with van der Waals surface area (Å²) in [6.07, 6.45) is 0. The largest absolute Gasteiger partial charge is 0.419 e. The lowest BCUT2D eigenvalue weighted by Gasteiger charge is -2.39. The number of hydrogen-bond acceptors (Lipinski definition) is 5. The monoisotopic (exact) mass is 432 g/mol. The van der Waals surface area contributed by atoms with Gasteiger partial charge < -0.3 is 9.32 Å². The van der Waals surface area contributed by atoms with Gasteiger partial charge in [-0.15, -0.1) is 10.2 Å². The van der Waals surface area contributed by atoms with Crippen molar-refractivity contribution in [2.75, 3.05) is 31.1 Å². The van der Waals surface area contributed by atoms with Gasteiger partial charge in [0.15, 0.2) is 0 Å². The Balaban J connectivity index is 1.42. The highest BCUT2D eigenvalue weighted by Gasteiger charge is 2.32. The molecule has 1 aliphatic heterocycles. The van der Waals surface area contributed by atoms with E-state index in [2.05, 4.69) is 20.0 Å². The van der Waals surface area contributed by atoms with Gasteiger partial charge in [-0.2, -0.15) is 0 Å². The Morgan fingerprint density at radius 3 is 2.16 bits per heavy atom. The van der Waals surface area contributed by atoms with E-state index in [1.165, 1.54) is 18.2 Å². The molecule has 0 N–H and O–H groups in total. The van der Waals surface area contributed by atoms with E-state index in [0.29, 0.717) is 30.4 Å². The Bertz CT molecular complexity index is 1170. The minimum atomic E-state index is -0.489. The zero-order valence-corrected chi connectivity index (χ0v) is 17.4. The number of rotatable bonds is 5. The molecule has 7 heteroatoms. The number of benzene rings is 3. The molecule has 1 fully saturated rings. The van der Waals surface area contributed by atoms with E-state index in [0.717, 1.165) is 24.3 Å². The maximum Gasteiger partial charge on any atom is 0.247 e. The van der Waals surface area contributed by atoms with Gasteiger partial charge in [-0.1, -0.05) is 36.4 Å². The van der Waals surface area contributed by atoms with Gasteiger partial charge in [0.25, 0.3) is 0 Å². The fourth-order valence-corrected chi connectivity index (χ4v) is 4.12. The van der Waals surface area contributed by atoms with Gasteiger partial charge in [0, 0.05) is 43.0 Å². The summed E-state index contributed by atoms with van der Waals surface area (Å²) in [6.45, 7) is 2.77. The second-order valence-electron chi connectivity index (χ2n) is 7.73. The molecule has 162 valence electrons. The van der Waals surface area contributed by atoms with E-state index in [9.17, 15) is 8.78 Å². The summed E-state index contributed by atoms with van der Waals surface area (Å²) < 4.78 is 34.1. The Kier molecular flexibility index (Phi) is 5.64. The van der Waals surface area contributed by atoms with Crippen molar-refractivity contribution in [3.05, 3.63) is 102 Å². The lowest BCUT2D eigenvalue weighted by atomic mass is 10.0. The van der Waals surface area contributed by atoms with Crippen molar-refractivity contribution in [1.29, 1.82) is 0 Å². The highest BCUT2D eigenvalue weighted by atomic mass is 19.1.